The summed E-state index contributed by atoms with van der Waals surface area (Å²) in [6, 6.07) is 23.9. The highest BCUT2D eigenvalue weighted by Crippen LogP contribution is 2.24. The topological polar surface area (TPSA) is 74.8 Å². The second kappa shape index (κ2) is 11.2. The molecule has 0 fully saturated rings. The molecule has 0 unspecified atom stereocenters. The Kier molecular flexibility index (Phi) is 7.80. The summed E-state index contributed by atoms with van der Waals surface area (Å²) < 4.78 is 0. The van der Waals surface area contributed by atoms with Crippen molar-refractivity contribution in [3.8, 4) is 0 Å². The smallest absolute Gasteiger partial charge is 0.261 e. The fraction of sp³-hybridized carbons (Fsp3) is 0.172. The lowest BCUT2D eigenvalue weighted by molar-refractivity contribution is 0.0644. The van der Waals surface area contributed by atoms with Gasteiger partial charge >= 0.3 is 0 Å². The first-order valence-electron chi connectivity index (χ1n) is 11.6. The van der Waals surface area contributed by atoms with Gasteiger partial charge in [-0.3, -0.25) is 29.0 Å². The molecule has 7 heteroatoms. The van der Waals surface area contributed by atoms with Crippen LogP contribution in [-0.4, -0.2) is 52.3 Å². The average Bonchev–Trinajstić information content (AvgIpc) is 3.29. The number of amides is 4. The van der Waals surface area contributed by atoms with E-state index in [0.29, 0.717) is 47.5 Å². The van der Waals surface area contributed by atoms with E-state index < -0.39 is 0 Å². The Morgan fingerprint density at radius 1 is 0.639 bits per heavy atom. The largest absolute Gasteiger partial charge is 0.274 e. The summed E-state index contributed by atoms with van der Waals surface area (Å²) in [4.78, 5) is 51.8. The minimum absolute atomic E-state index is 0.181. The quantitative estimate of drug-likeness (QED) is 0.250. The highest BCUT2D eigenvalue weighted by molar-refractivity contribution is 7.99. The highest BCUT2D eigenvalue weighted by Gasteiger charge is 2.35. The monoisotopic (exact) mass is 498 g/mol. The van der Waals surface area contributed by atoms with Gasteiger partial charge in [0.25, 0.3) is 23.6 Å². The third-order valence-corrected chi connectivity index (χ3v) is 6.84. The van der Waals surface area contributed by atoms with Crippen molar-refractivity contribution in [1.82, 2.24) is 9.80 Å². The van der Waals surface area contributed by atoms with Crippen molar-refractivity contribution < 1.29 is 19.2 Å². The van der Waals surface area contributed by atoms with Crippen LogP contribution < -0.4 is 0 Å². The second-order valence-corrected chi connectivity index (χ2v) is 9.65. The summed E-state index contributed by atoms with van der Waals surface area (Å²) >= 11 is 1.64. The Hall–Kier alpha value is -3.97. The standard InChI is InChI=1S/C16H13NO2S.C13H13NO2/c18-15-13-8-4-5-9-14(13)16(19)17(15)10-11-20-12-6-2-1-3-7-12;1-9(2)7-8-14-12(15)10-5-3-4-6-11(10)13(14)16/h1-9H,10-11H2;3-6H,1,7-8H2,2H3. The van der Waals surface area contributed by atoms with Gasteiger partial charge < -0.3 is 0 Å². The lowest BCUT2D eigenvalue weighted by atomic mass is 10.1. The number of rotatable bonds is 7. The third-order valence-electron chi connectivity index (χ3n) is 5.85. The molecule has 182 valence electrons. The molecule has 2 aliphatic rings. The predicted molar refractivity (Wildman–Crippen MR) is 140 cm³/mol. The van der Waals surface area contributed by atoms with E-state index in [1.807, 2.05) is 37.3 Å². The molecule has 2 heterocycles. The molecule has 0 radical (unpaired) electrons. The first-order valence-corrected chi connectivity index (χ1v) is 12.6. The lowest BCUT2D eigenvalue weighted by Crippen LogP contribution is -2.31. The van der Waals surface area contributed by atoms with Crippen molar-refractivity contribution in [2.24, 2.45) is 0 Å². The van der Waals surface area contributed by atoms with Gasteiger partial charge in [-0.25, -0.2) is 0 Å². The molecular weight excluding hydrogens is 472 g/mol. The van der Waals surface area contributed by atoms with Crippen LogP contribution in [-0.2, 0) is 0 Å². The van der Waals surface area contributed by atoms with E-state index in [-0.39, 0.29) is 23.6 Å². The molecule has 0 aromatic heterocycles. The van der Waals surface area contributed by atoms with Gasteiger partial charge in [-0.15, -0.1) is 18.3 Å². The predicted octanol–water partition coefficient (Wildman–Crippen LogP) is 5.32. The number of carbonyl (C=O) groups is 4. The van der Waals surface area contributed by atoms with E-state index in [0.717, 1.165) is 10.5 Å². The Bertz CT molecular complexity index is 1270. The Balaban J connectivity index is 0.000000174. The normalized spacial score (nSPS) is 13.9. The van der Waals surface area contributed by atoms with Crippen LogP contribution in [0.4, 0.5) is 0 Å². The number of hydrogen-bond donors (Lipinski definition) is 0. The Labute approximate surface area is 214 Å². The molecule has 6 nitrogen and oxygen atoms in total. The summed E-state index contributed by atoms with van der Waals surface area (Å²) in [5.41, 5.74) is 3.02. The van der Waals surface area contributed by atoms with Crippen LogP contribution in [0.1, 0.15) is 54.8 Å². The first kappa shape index (κ1) is 25.1. The summed E-state index contributed by atoms with van der Waals surface area (Å²) in [6.45, 7) is 6.51. The van der Waals surface area contributed by atoms with Gasteiger partial charge in [0.2, 0.25) is 0 Å². The molecule has 4 amide bonds. The maximum absolute atomic E-state index is 12.1. The molecule has 0 aliphatic carbocycles. The Morgan fingerprint density at radius 2 is 1.03 bits per heavy atom. The number of thioether (sulfide) groups is 1. The maximum atomic E-state index is 12.1. The van der Waals surface area contributed by atoms with E-state index in [2.05, 4.69) is 6.58 Å². The number of imide groups is 2. The number of carbonyl (C=O) groups excluding carboxylic acids is 4. The van der Waals surface area contributed by atoms with E-state index in [1.165, 1.54) is 9.80 Å². The van der Waals surface area contributed by atoms with Gasteiger partial charge in [0.15, 0.2) is 0 Å². The molecule has 5 rings (SSSR count). The molecular formula is C29H26N2O4S. The lowest BCUT2D eigenvalue weighted by Gasteiger charge is -2.13. The minimum atomic E-state index is -0.193. The maximum Gasteiger partial charge on any atom is 0.261 e. The number of benzene rings is 3. The van der Waals surface area contributed by atoms with E-state index in [1.54, 1.807) is 60.3 Å². The van der Waals surface area contributed by atoms with Crippen LogP contribution in [0, 0.1) is 0 Å². The summed E-state index contributed by atoms with van der Waals surface area (Å²) in [5, 5.41) is 0. The summed E-state index contributed by atoms with van der Waals surface area (Å²) in [5.74, 6) is -0.0441. The summed E-state index contributed by atoms with van der Waals surface area (Å²) in [7, 11) is 0. The average molecular weight is 499 g/mol. The molecule has 0 bridgehead atoms. The van der Waals surface area contributed by atoms with Crippen molar-refractivity contribution in [3.05, 3.63) is 113 Å². The third kappa shape index (κ3) is 5.31. The van der Waals surface area contributed by atoms with Crippen LogP contribution >= 0.6 is 11.8 Å². The molecule has 3 aromatic rings. The molecule has 0 spiro atoms. The number of fused-ring (bicyclic) bond motifs is 2. The van der Waals surface area contributed by atoms with Gasteiger partial charge in [-0.2, -0.15) is 0 Å². The fourth-order valence-corrected chi connectivity index (χ4v) is 4.82. The second-order valence-electron chi connectivity index (χ2n) is 8.48. The molecule has 0 N–H and O–H groups in total. The van der Waals surface area contributed by atoms with Gasteiger partial charge in [-0.05, 0) is 49.7 Å². The number of hydrogen-bond acceptors (Lipinski definition) is 5. The van der Waals surface area contributed by atoms with Crippen molar-refractivity contribution in [1.29, 1.82) is 0 Å². The minimum Gasteiger partial charge on any atom is -0.274 e. The number of nitrogens with zero attached hydrogens (tertiary/aromatic N) is 2. The molecule has 36 heavy (non-hydrogen) atoms. The zero-order valence-electron chi connectivity index (χ0n) is 20.0. The van der Waals surface area contributed by atoms with Crippen LogP contribution in [0.25, 0.3) is 0 Å². The molecule has 0 atom stereocenters. The van der Waals surface area contributed by atoms with Crippen molar-refractivity contribution in [3.63, 3.8) is 0 Å². The van der Waals surface area contributed by atoms with E-state index in [9.17, 15) is 19.2 Å². The molecule has 3 aromatic carbocycles. The SMILES string of the molecule is C=C(C)CCN1C(=O)c2ccccc2C1=O.O=C1c2ccccc2C(=O)N1CCSc1ccccc1. The highest BCUT2D eigenvalue weighted by atomic mass is 32.2. The van der Waals surface area contributed by atoms with Gasteiger partial charge in [0.05, 0.1) is 22.3 Å². The Morgan fingerprint density at radius 3 is 1.44 bits per heavy atom. The van der Waals surface area contributed by atoms with Crippen molar-refractivity contribution in [2.75, 3.05) is 18.8 Å². The molecule has 0 saturated carbocycles. The van der Waals surface area contributed by atoms with Crippen LogP contribution in [0.2, 0.25) is 0 Å². The molecule has 2 aliphatic heterocycles. The van der Waals surface area contributed by atoms with Crippen molar-refractivity contribution in [2.45, 2.75) is 18.2 Å². The molecule has 0 saturated heterocycles. The van der Waals surface area contributed by atoms with Crippen molar-refractivity contribution >= 4 is 35.4 Å². The van der Waals surface area contributed by atoms with Gasteiger partial charge in [-0.1, -0.05) is 48.0 Å². The van der Waals surface area contributed by atoms with Crippen LogP contribution in [0.15, 0.2) is 95.9 Å². The van der Waals surface area contributed by atoms with Crippen LogP contribution in [0.3, 0.4) is 0 Å². The summed E-state index contributed by atoms with van der Waals surface area (Å²) in [6.07, 6.45) is 0.658. The van der Waals surface area contributed by atoms with Gasteiger partial charge in [0, 0.05) is 23.7 Å². The first-order chi connectivity index (χ1) is 17.4. The fourth-order valence-electron chi connectivity index (χ4n) is 3.96. The van der Waals surface area contributed by atoms with E-state index >= 15 is 0 Å². The van der Waals surface area contributed by atoms with E-state index in [4.69, 9.17) is 0 Å². The zero-order valence-corrected chi connectivity index (χ0v) is 20.8. The van der Waals surface area contributed by atoms with Crippen LogP contribution in [0.5, 0.6) is 0 Å². The van der Waals surface area contributed by atoms with Gasteiger partial charge in [0.1, 0.15) is 0 Å². The zero-order chi connectivity index (χ0) is 25.7.